The van der Waals surface area contributed by atoms with Gasteiger partial charge in [0.05, 0.1) is 12.1 Å². The monoisotopic (exact) mass is 355 g/mol. The molecular weight excluding hydrogens is 330 g/mol. The highest BCUT2D eigenvalue weighted by Crippen LogP contribution is 2.32. The number of hydrogen-bond donors (Lipinski definition) is 0. The average molecular weight is 355 g/mol. The van der Waals surface area contributed by atoms with E-state index >= 15 is 0 Å². The summed E-state index contributed by atoms with van der Waals surface area (Å²) in [6.07, 6.45) is 2.45. The molecule has 2 aliphatic heterocycles. The van der Waals surface area contributed by atoms with Gasteiger partial charge in [0.2, 0.25) is 0 Å². The van der Waals surface area contributed by atoms with Crippen LogP contribution in [0.1, 0.15) is 24.8 Å². The third-order valence-electron chi connectivity index (χ3n) is 5.73. The highest BCUT2D eigenvalue weighted by atomic mass is 16.6. The standard InChI is InChI=1S/C20H25N3O3/c1-21-14-20(26-19(21)25)8-5-10-23(11-9-20)13-16-12-15-6-3-4-7-17(15)22(2)18(16)24/h3-4,6-7,12H,5,8-11,13-14H2,1-2H3/t20-/m1/s1. The summed E-state index contributed by atoms with van der Waals surface area (Å²) < 4.78 is 7.41. The van der Waals surface area contributed by atoms with Crippen LogP contribution in [0.5, 0.6) is 0 Å². The van der Waals surface area contributed by atoms with Crippen LogP contribution in [0.4, 0.5) is 4.79 Å². The molecule has 0 N–H and O–H groups in total. The first-order valence-corrected chi connectivity index (χ1v) is 9.22. The minimum atomic E-state index is -0.352. The molecule has 2 saturated heterocycles. The molecule has 0 saturated carbocycles. The van der Waals surface area contributed by atoms with E-state index in [-0.39, 0.29) is 17.3 Å². The Labute approximate surface area is 153 Å². The Kier molecular flexibility index (Phi) is 4.23. The Morgan fingerprint density at radius 3 is 2.69 bits per heavy atom. The van der Waals surface area contributed by atoms with Crippen molar-refractivity contribution < 1.29 is 9.53 Å². The van der Waals surface area contributed by atoms with Crippen molar-refractivity contribution in [2.24, 2.45) is 7.05 Å². The number of fused-ring (bicyclic) bond motifs is 1. The molecule has 2 aliphatic rings. The average Bonchev–Trinajstić information content (AvgIpc) is 2.78. The number of pyridine rings is 1. The number of carbonyl (C=O) groups excluding carboxylic acids is 1. The zero-order chi connectivity index (χ0) is 18.3. The van der Waals surface area contributed by atoms with Crippen molar-refractivity contribution in [2.75, 3.05) is 26.7 Å². The number of likely N-dealkylation sites (tertiary alicyclic amines) is 1. The second-order valence-corrected chi connectivity index (χ2v) is 7.63. The van der Waals surface area contributed by atoms with Gasteiger partial charge in [-0.05, 0) is 36.9 Å². The number of benzene rings is 1. The topological polar surface area (TPSA) is 54.8 Å². The van der Waals surface area contributed by atoms with E-state index in [4.69, 9.17) is 4.74 Å². The van der Waals surface area contributed by atoms with Gasteiger partial charge in [-0.2, -0.15) is 0 Å². The van der Waals surface area contributed by atoms with Gasteiger partial charge < -0.3 is 14.2 Å². The lowest BCUT2D eigenvalue weighted by molar-refractivity contribution is 0.0443. The number of likely N-dealkylation sites (N-methyl/N-ethyl adjacent to an activating group) is 1. The summed E-state index contributed by atoms with van der Waals surface area (Å²) in [7, 11) is 3.62. The first-order valence-electron chi connectivity index (χ1n) is 9.22. The van der Waals surface area contributed by atoms with Crippen LogP contribution in [0.2, 0.25) is 0 Å². The Bertz CT molecular complexity index is 907. The van der Waals surface area contributed by atoms with Crippen molar-refractivity contribution in [3.05, 3.63) is 46.2 Å². The van der Waals surface area contributed by atoms with E-state index < -0.39 is 0 Å². The fourth-order valence-corrected chi connectivity index (χ4v) is 4.28. The Morgan fingerprint density at radius 1 is 1.12 bits per heavy atom. The molecule has 26 heavy (non-hydrogen) atoms. The van der Waals surface area contributed by atoms with Crippen LogP contribution < -0.4 is 5.56 Å². The number of carbonyl (C=O) groups is 1. The smallest absolute Gasteiger partial charge is 0.410 e. The van der Waals surface area contributed by atoms with Crippen molar-refractivity contribution in [1.82, 2.24) is 14.4 Å². The van der Waals surface area contributed by atoms with Crippen molar-refractivity contribution >= 4 is 17.0 Å². The highest BCUT2D eigenvalue weighted by molar-refractivity contribution is 5.79. The summed E-state index contributed by atoms with van der Waals surface area (Å²) in [4.78, 5) is 28.5. The molecule has 0 aliphatic carbocycles. The molecular formula is C20H25N3O3. The molecule has 0 radical (unpaired) electrons. The number of nitrogens with zero attached hydrogens (tertiary/aromatic N) is 3. The number of ether oxygens (including phenoxy) is 1. The van der Waals surface area contributed by atoms with Crippen molar-refractivity contribution in [1.29, 1.82) is 0 Å². The number of hydrogen-bond acceptors (Lipinski definition) is 4. The number of amides is 1. The van der Waals surface area contributed by atoms with E-state index in [1.807, 2.05) is 37.4 Å². The summed E-state index contributed by atoms with van der Waals surface area (Å²) in [5.41, 5.74) is 1.49. The summed E-state index contributed by atoms with van der Waals surface area (Å²) in [5, 5.41) is 1.09. The van der Waals surface area contributed by atoms with Crippen LogP contribution >= 0.6 is 0 Å². The minimum absolute atomic E-state index is 0.0645. The maximum atomic E-state index is 12.7. The van der Waals surface area contributed by atoms with Crippen molar-refractivity contribution in [3.63, 3.8) is 0 Å². The molecule has 6 nitrogen and oxygen atoms in total. The zero-order valence-corrected chi connectivity index (χ0v) is 15.4. The Morgan fingerprint density at radius 2 is 1.92 bits per heavy atom. The zero-order valence-electron chi connectivity index (χ0n) is 15.4. The highest BCUT2D eigenvalue weighted by Gasteiger charge is 2.44. The van der Waals surface area contributed by atoms with Crippen molar-refractivity contribution in [2.45, 2.75) is 31.4 Å². The molecule has 1 amide bonds. The van der Waals surface area contributed by atoms with Crippen LogP contribution in [0.3, 0.4) is 0 Å². The van der Waals surface area contributed by atoms with Gasteiger partial charge in [-0.1, -0.05) is 18.2 Å². The van der Waals surface area contributed by atoms with Gasteiger partial charge in [0.25, 0.3) is 5.56 Å². The first-order chi connectivity index (χ1) is 12.5. The van der Waals surface area contributed by atoms with E-state index in [0.717, 1.165) is 48.8 Å². The molecule has 0 unspecified atom stereocenters. The number of para-hydroxylation sites is 1. The molecule has 1 aromatic carbocycles. The molecule has 1 spiro atoms. The van der Waals surface area contributed by atoms with E-state index in [0.29, 0.717) is 13.1 Å². The molecule has 6 heteroatoms. The summed E-state index contributed by atoms with van der Waals surface area (Å²) in [6, 6.07) is 9.99. The quantitative estimate of drug-likeness (QED) is 0.830. The normalized spacial score (nSPS) is 24.2. The second-order valence-electron chi connectivity index (χ2n) is 7.63. The lowest BCUT2D eigenvalue weighted by atomic mass is 9.95. The fourth-order valence-electron chi connectivity index (χ4n) is 4.28. The molecule has 1 aromatic heterocycles. The number of aryl methyl sites for hydroxylation is 1. The predicted octanol–water partition coefficient (Wildman–Crippen LogP) is 2.35. The third-order valence-corrected chi connectivity index (χ3v) is 5.73. The Hall–Kier alpha value is -2.34. The third kappa shape index (κ3) is 2.98. The van der Waals surface area contributed by atoms with Gasteiger partial charge in [-0.3, -0.25) is 9.69 Å². The van der Waals surface area contributed by atoms with Gasteiger partial charge in [0.1, 0.15) is 5.60 Å². The van der Waals surface area contributed by atoms with Crippen LogP contribution in [0.15, 0.2) is 35.1 Å². The van der Waals surface area contributed by atoms with E-state index in [9.17, 15) is 9.59 Å². The largest absolute Gasteiger partial charge is 0.441 e. The van der Waals surface area contributed by atoms with Crippen LogP contribution in [0, 0.1) is 0 Å². The molecule has 138 valence electrons. The van der Waals surface area contributed by atoms with Crippen LogP contribution in [-0.2, 0) is 18.3 Å². The van der Waals surface area contributed by atoms with Crippen LogP contribution in [-0.4, -0.2) is 52.7 Å². The van der Waals surface area contributed by atoms with Crippen LogP contribution in [0.25, 0.3) is 10.9 Å². The minimum Gasteiger partial charge on any atom is -0.441 e. The molecule has 4 rings (SSSR count). The van der Waals surface area contributed by atoms with E-state index in [1.165, 1.54) is 0 Å². The molecule has 3 heterocycles. The predicted molar refractivity (Wildman–Crippen MR) is 100 cm³/mol. The maximum absolute atomic E-state index is 12.7. The summed E-state index contributed by atoms with van der Waals surface area (Å²) >= 11 is 0. The molecule has 1 atom stereocenters. The first kappa shape index (κ1) is 17.1. The van der Waals surface area contributed by atoms with Gasteiger partial charge in [-0.15, -0.1) is 0 Å². The van der Waals surface area contributed by atoms with E-state index in [2.05, 4.69) is 4.90 Å². The van der Waals surface area contributed by atoms with Gasteiger partial charge in [0.15, 0.2) is 0 Å². The van der Waals surface area contributed by atoms with Crippen molar-refractivity contribution in [3.8, 4) is 0 Å². The summed E-state index contributed by atoms with van der Waals surface area (Å²) in [5.74, 6) is 0. The lowest BCUT2D eigenvalue weighted by Gasteiger charge is -2.25. The number of rotatable bonds is 2. The lowest BCUT2D eigenvalue weighted by Crippen LogP contribution is -2.35. The summed E-state index contributed by atoms with van der Waals surface area (Å²) in [6.45, 7) is 3.05. The molecule has 2 aromatic rings. The maximum Gasteiger partial charge on any atom is 0.410 e. The SMILES string of the molecule is CN1C[C@]2(CCCN(Cc3cc4ccccc4n(C)c3=O)CC2)OC1=O. The van der Waals surface area contributed by atoms with Gasteiger partial charge >= 0.3 is 6.09 Å². The van der Waals surface area contributed by atoms with E-state index in [1.54, 1.807) is 16.5 Å². The Balaban J connectivity index is 1.53. The second kappa shape index (κ2) is 6.43. The molecule has 0 bridgehead atoms. The number of aromatic nitrogens is 1. The van der Waals surface area contributed by atoms with Gasteiger partial charge in [-0.25, -0.2) is 4.79 Å². The van der Waals surface area contributed by atoms with Gasteiger partial charge in [0, 0.05) is 39.2 Å². The molecule has 2 fully saturated rings. The fraction of sp³-hybridized carbons (Fsp3) is 0.500.